The summed E-state index contributed by atoms with van der Waals surface area (Å²) in [6.07, 6.45) is 22.5. The molecule has 0 fully saturated rings. The standard InChI is InChI=1S/C24H49NO2.K/c1-3-5-7-9-11-13-15-17-21-25(23-19-20-24(26)27)22-18-16-14-12-10-8-6-4-2;/h3-23H2,1-2H3,(H,26,27);/q;+1/p-1. The van der Waals surface area contributed by atoms with E-state index in [0.717, 1.165) is 26.1 Å². The number of carboxylic acid groups (broad SMARTS) is 1. The van der Waals surface area contributed by atoms with Crippen LogP contribution in [0, 0.1) is 0 Å². The van der Waals surface area contributed by atoms with Gasteiger partial charge in [0.25, 0.3) is 0 Å². The van der Waals surface area contributed by atoms with E-state index in [9.17, 15) is 9.90 Å². The molecule has 0 saturated heterocycles. The summed E-state index contributed by atoms with van der Waals surface area (Å²) in [5, 5.41) is 10.7. The van der Waals surface area contributed by atoms with E-state index in [0.29, 0.717) is 0 Å². The fourth-order valence-electron chi connectivity index (χ4n) is 3.72. The molecule has 0 radical (unpaired) electrons. The molecule has 0 aromatic rings. The Labute approximate surface area is 219 Å². The number of carboxylic acids is 1. The van der Waals surface area contributed by atoms with Gasteiger partial charge in [-0.15, -0.1) is 0 Å². The molecule has 0 spiro atoms. The van der Waals surface area contributed by atoms with Crippen molar-refractivity contribution in [2.75, 3.05) is 19.6 Å². The van der Waals surface area contributed by atoms with Gasteiger partial charge in [-0.25, -0.2) is 0 Å². The molecule has 0 aliphatic heterocycles. The Morgan fingerprint density at radius 1 is 0.571 bits per heavy atom. The van der Waals surface area contributed by atoms with Gasteiger partial charge in [-0.3, -0.25) is 0 Å². The molecular weight excluding hydrogens is 373 g/mol. The Morgan fingerprint density at radius 2 is 0.893 bits per heavy atom. The van der Waals surface area contributed by atoms with Crippen LogP contribution in [0.5, 0.6) is 0 Å². The SMILES string of the molecule is CCCCCCCCCCN(CCCCCCCCCC)CCCC(=O)[O-].[K+]. The maximum Gasteiger partial charge on any atom is 1.00 e. The van der Waals surface area contributed by atoms with Gasteiger partial charge >= 0.3 is 51.4 Å². The van der Waals surface area contributed by atoms with Crippen LogP contribution in [0.3, 0.4) is 0 Å². The zero-order chi connectivity index (χ0) is 20.0. The van der Waals surface area contributed by atoms with Gasteiger partial charge < -0.3 is 14.8 Å². The quantitative estimate of drug-likeness (QED) is 0.199. The summed E-state index contributed by atoms with van der Waals surface area (Å²) < 4.78 is 0. The van der Waals surface area contributed by atoms with Crippen LogP contribution in [-0.4, -0.2) is 30.5 Å². The summed E-state index contributed by atoms with van der Waals surface area (Å²) in [4.78, 5) is 13.2. The third-order valence-corrected chi connectivity index (χ3v) is 5.51. The minimum Gasteiger partial charge on any atom is -0.550 e. The summed E-state index contributed by atoms with van der Waals surface area (Å²) in [6.45, 7) is 7.72. The minimum absolute atomic E-state index is 0. The van der Waals surface area contributed by atoms with Gasteiger partial charge in [-0.05, 0) is 45.3 Å². The Kier molecular flexibility index (Phi) is 29.1. The van der Waals surface area contributed by atoms with Crippen LogP contribution in [0.4, 0.5) is 0 Å². The van der Waals surface area contributed by atoms with Gasteiger partial charge in [0.05, 0.1) is 0 Å². The van der Waals surface area contributed by atoms with Gasteiger partial charge in [0.15, 0.2) is 0 Å². The maximum atomic E-state index is 10.7. The topological polar surface area (TPSA) is 43.4 Å². The first-order chi connectivity index (χ1) is 13.2. The normalized spacial score (nSPS) is 11.0. The van der Waals surface area contributed by atoms with Crippen LogP contribution >= 0.6 is 0 Å². The van der Waals surface area contributed by atoms with Crippen molar-refractivity contribution in [2.45, 2.75) is 129 Å². The number of nitrogens with zero attached hydrogens (tertiary/aromatic N) is 1. The van der Waals surface area contributed by atoms with Crippen LogP contribution < -0.4 is 56.5 Å². The van der Waals surface area contributed by atoms with E-state index < -0.39 is 5.97 Å². The van der Waals surface area contributed by atoms with Crippen LogP contribution in [-0.2, 0) is 4.79 Å². The first-order valence-electron chi connectivity index (χ1n) is 12.1. The largest absolute Gasteiger partial charge is 1.00 e. The molecule has 0 aromatic carbocycles. The summed E-state index contributed by atoms with van der Waals surface area (Å²) in [5.74, 6) is -0.908. The Bertz CT molecular complexity index is 293. The molecule has 3 nitrogen and oxygen atoms in total. The zero-order valence-electron chi connectivity index (χ0n) is 19.6. The monoisotopic (exact) mass is 421 g/mol. The predicted molar refractivity (Wildman–Crippen MR) is 116 cm³/mol. The molecule has 0 heterocycles. The van der Waals surface area contributed by atoms with E-state index in [1.165, 1.54) is 103 Å². The van der Waals surface area contributed by atoms with Gasteiger partial charge in [-0.1, -0.05) is 104 Å². The fraction of sp³-hybridized carbons (Fsp3) is 0.958. The van der Waals surface area contributed by atoms with Crippen molar-refractivity contribution in [1.29, 1.82) is 0 Å². The predicted octanol–water partition coefficient (Wildman–Crippen LogP) is 3.10. The molecule has 0 saturated carbocycles. The van der Waals surface area contributed by atoms with Crippen LogP contribution in [0.25, 0.3) is 0 Å². The summed E-state index contributed by atoms with van der Waals surface area (Å²) in [7, 11) is 0. The zero-order valence-corrected chi connectivity index (χ0v) is 22.7. The molecule has 0 aliphatic rings. The van der Waals surface area contributed by atoms with E-state index in [1.807, 2.05) is 0 Å². The molecule has 0 aliphatic carbocycles. The van der Waals surface area contributed by atoms with E-state index in [1.54, 1.807) is 0 Å². The molecule has 4 heteroatoms. The Hall–Kier alpha value is 1.07. The summed E-state index contributed by atoms with van der Waals surface area (Å²) in [5.41, 5.74) is 0. The van der Waals surface area contributed by atoms with Crippen molar-refractivity contribution in [3.05, 3.63) is 0 Å². The number of rotatable bonds is 22. The van der Waals surface area contributed by atoms with Gasteiger partial charge in [0, 0.05) is 5.97 Å². The molecule has 0 amide bonds. The minimum atomic E-state index is -0.908. The van der Waals surface area contributed by atoms with E-state index >= 15 is 0 Å². The van der Waals surface area contributed by atoms with Gasteiger partial charge in [-0.2, -0.15) is 0 Å². The number of carbonyl (C=O) groups excluding carboxylic acids is 1. The fourth-order valence-corrected chi connectivity index (χ4v) is 3.72. The second-order valence-electron chi connectivity index (χ2n) is 8.27. The molecule has 0 unspecified atom stereocenters. The van der Waals surface area contributed by atoms with Crippen molar-refractivity contribution in [3.63, 3.8) is 0 Å². The van der Waals surface area contributed by atoms with Crippen molar-refractivity contribution in [3.8, 4) is 0 Å². The number of unbranched alkanes of at least 4 members (excludes halogenated alkanes) is 14. The first-order valence-corrected chi connectivity index (χ1v) is 12.1. The maximum absolute atomic E-state index is 10.7. The molecule has 0 rings (SSSR count). The summed E-state index contributed by atoms with van der Waals surface area (Å²) >= 11 is 0. The molecule has 28 heavy (non-hydrogen) atoms. The van der Waals surface area contributed by atoms with E-state index in [2.05, 4.69) is 18.7 Å². The van der Waals surface area contributed by atoms with Gasteiger partial charge in [0.2, 0.25) is 0 Å². The smallest absolute Gasteiger partial charge is 0.550 e. The number of hydrogen-bond acceptors (Lipinski definition) is 3. The molecule has 0 bridgehead atoms. The second kappa shape index (κ2) is 26.1. The number of aliphatic carboxylic acids is 1. The molecule has 0 aromatic heterocycles. The summed E-state index contributed by atoms with van der Waals surface area (Å²) in [6, 6.07) is 0. The first kappa shape index (κ1) is 31.3. The van der Waals surface area contributed by atoms with Crippen LogP contribution in [0.1, 0.15) is 129 Å². The second-order valence-corrected chi connectivity index (χ2v) is 8.27. The van der Waals surface area contributed by atoms with E-state index in [-0.39, 0.29) is 57.8 Å². The number of hydrogen-bond donors (Lipinski definition) is 0. The Morgan fingerprint density at radius 3 is 1.25 bits per heavy atom. The average Bonchev–Trinajstić information content (AvgIpc) is 2.65. The molecule has 162 valence electrons. The van der Waals surface area contributed by atoms with Crippen molar-refractivity contribution >= 4 is 5.97 Å². The van der Waals surface area contributed by atoms with Crippen LogP contribution in [0.2, 0.25) is 0 Å². The van der Waals surface area contributed by atoms with E-state index in [4.69, 9.17) is 0 Å². The average molecular weight is 422 g/mol. The molecular formula is C24H48KNO2. The van der Waals surface area contributed by atoms with Crippen molar-refractivity contribution in [1.82, 2.24) is 4.90 Å². The third-order valence-electron chi connectivity index (χ3n) is 5.51. The van der Waals surface area contributed by atoms with Crippen molar-refractivity contribution < 1.29 is 61.3 Å². The third kappa shape index (κ3) is 25.1. The Balaban J connectivity index is 0. The molecule has 0 atom stereocenters. The van der Waals surface area contributed by atoms with Crippen LogP contribution in [0.15, 0.2) is 0 Å². The number of carbonyl (C=O) groups is 1. The van der Waals surface area contributed by atoms with Gasteiger partial charge in [0.1, 0.15) is 0 Å². The molecule has 0 N–H and O–H groups in total. The van der Waals surface area contributed by atoms with Crippen molar-refractivity contribution in [2.24, 2.45) is 0 Å².